The van der Waals surface area contributed by atoms with E-state index in [1.54, 1.807) is 31.4 Å². The third kappa shape index (κ3) is 4.34. The van der Waals surface area contributed by atoms with Crippen molar-refractivity contribution in [3.05, 3.63) is 29.8 Å². The quantitative estimate of drug-likeness (QED) is 0.841. The summed E-state index contributed by atoms with van der Waals surface area (Å²) in [6.45, 7) is 0.446. The van der Waals surface area contributed by atoms with Gasteiger partial charge in [-0.3, -0.25) is 4.79 Å². The molecule has 21 heavy (non-hydrogen) atoms. The van der Waals surface area contributed by atoms with E-state index in [-0.39, 0.29) is 24.5 Å². The lowest BCUT2D eigenvalue weighted by Crippen LogP contribution is -2.31. The van der Waals surface area contributed by atoms with Crippen molar-refractivity contribution in [2.24, 2.45) is 0 Å². The van der Waals surface area contributed by atoms with Crippen LogP contribution in [0.5, 0.6) is 5.75 Å². The summed E-state index contributed by atoms with van der Waals surface area (Å²) >= 11 is 0. The largest absolute Gasteiger partial charge is 0.497 e. The van der Waals surface area contributed by atoms with Gasteiger partial charge in [-0.2, -0.15) is 0 Å². The highest BCUT2D eigenvalue weighted by atomic mass is 35.5. The lowest BCUT2D eigenvalue weighted by molar-refractivity contribution is -0.142. The fourth-order valence-corrected chi connectivity index (χ4v) is 2.06. The van der Waals surface area contributed by atoms with Crippen LogP contribution in [0.15, 0.2) is 24.3 Å². The first-order chi connectivity index (χ1) is 9.63. The van der Waals surface area contributed by atoms with E-state index < -0.39 is 12.0 Å². The van der Waals surface area contributed by atoms with Crippen molar-refractivity contribution in [2.45, 2.75) is 18.6 Å². The van der Waals surface area contributed by atoms with Crippen LogP contribution in [0, 0.1) is 0 Å². The Morgan fingerprint density at radius 2 is 1.86 bits per heavy atom. The summed E-state index contributed by atoms with van der Waals surface area (Å²) in [6, 6.07) is 6.26. The van der Waals surface area contributed by atoms with Crippen LogP contribution in [-0.4, -0.2) is 44.8 Å². The summed E-state index contributed by atoms with van der Waals surface area (Å²) in [5.41, 5.74) is 0.451. The van der Waals surface area contributed by atoms with Crippen LogP contribution in [0.4, 0.5) is 0 Å². The molecule has 0 radical (unpaired) electrons. The van der Waals surface area contributed by atoms with E-state index in [1.807, 2.05) is 0 Å². The van der Waals surface area contributed by atoms with Gasteiger partial charge in [0.15, 0.2) is 0 Å². The highest BCUT2D eigenvalue weighted by Gasteiger charge is 2.32. The smallest absolute Gasteiger partial charge is 0.338 e. The van der Waals surface area contributed by atoms with Crippen molar-refractivity contribution in [2.75, 3.05) is 20.8 Å². The van der Waals surface area contributed by atoms with E-state index in [4.69, 9.17) is 9.47 Å². The molecule has 0 aliphatic carbocycles. The zero-order chi connectivity index (χ0) is 14.5. The summed E-state index contributed by atoms with van der Waals surface area (Å²) in [5, 5.41) is 2.96. The maximum Gasteiger partial charge on any atom is 0.338 e. The Morgan fingerprint density at radius 1 is 1.19 bits per heavy atom. The summed E-state index contributed by atoms with van der Waals surface area (Å²) in [4.78, 5) is 23.3. The Morgan fingerprint density at radius 3 is 2.43 bits per heavy atom. The average Bonchev–Trinajstić information content (AvgIpc) is 2.95. The Hall–Kier alpha value is -1.79. The van der Waals surface area contributed by atoms with E-state index >= 15 is 0 Å². The van der Waals surface area contributed by atoms with Gasteiger partial charge < -0.3 is 19.5 Å². The highest BCUT2D eigenvalue weighted by molar-refractivity contribution is 5.89. The molecule has 0 spiro atoms. The number of halogens is 1. The third-order valence-electron chi connectivity index (χ3n) is 3.18. The van der Waals surface area contributed by atoms with Crippen LogP contribution in [0.1, 0.15) is 16.8 Å². The molecule has 1 fully saturated rings. The predicted molar refractivity (Wildman–Crippen MR) is 77.9 cm³/mol. The van der Waals surface area contributed by atoms with Crippen LogP contribution < -0.4 is 10.1 Å². The van der Waals surface area contributed by atoms with Gasteiger partial charge in [-0.25, -0.2) is 4.79 Å². The maximum atomic E-state index is 11.9. The number of carbonyl (C=O) groups is 2. The molecular weight excluding hydrogens is 298 g/mol. The van der Waals surface area contributed by atoms with Gasteiger partial charge in [0.05, 0.1) is 19.8 Å². The summed E-state index contributed by atoms with van der Waals surface area (Å²) in [7, 11) is 2.89. The van der Waals surface area contributed by atoms with Crippen LogP contribution in [0.3, 0.4) is 0 Å². The van der Waals surface area contributed by atoms with Crippen molar-refractivity contribution in [1.29, 1.82) is 0 Å². The standard InChI is InChI=1S/C14H17NO5.ClH/c1-18-10-5-3-9(4-6-10)13(16)20-11-7-12(15-8-11)14(17)19-2;/h3-6,11-12,15H,7-8H2,1-2H3;1H. The van der Waals surface area contributed by atoms with Crippen molar-refractivity contribution in [3.63, 3.8) is 0 Å². The number of nitrogens with one attached hydrogen (secondary N) is 1. The van der Waals surface area contributed by atoms with Crippen molar-refractivity contribution in [1.82, 2.24) is 5.32 Å². The zero-order valence-electron chi connectivity index (χ0n) is 11.8. The first kappa shape index (κ1) is 17.3. The van der Waals surface area contributed by atoms with Crippen LogP contribution >= 0.6 is 12.4 Å². The normalized spacial score (nSPS) is 20.3. The second-order valence-electron chi connectivity index (χ2n) is 4.48. The first-order valence-electron chi connectivity index (χ1n) is 6.30. The van der Waals surface area contributed by atoms with Gasteiger partial charge in [-0.05, 0) is 24.3 Å². The molecule has 0 saturated carbocycles. The number of benzene rings is 1. The molecule has 1 saturated heterocycles. The van der Waals surface area contributed by atoms with Crippen molar-refractivity contribution in [3.8, 4) is 5.75 Å². The molecule has 0 amide bonds. The van der Waals surface area contributed by atoms with Gasteiger partial charge in [0, 0.05) is 13.0 Å². The van der Waals surface area contributed by atoms with Crippen LogP contribution in [0.2, 0.25) is 0 Å². The predicted octanol–water partition coefficient (Wildman–Crippen LogP) is 1.18. The van der Waals surface area contributed by atoms with E-state index in [2.05, 4.69) is 10.1 Å². The Bertz CT molecular complexity index is 491. The second kappa shape index (κ2) is 7.85. The van der Waals surface area contributed by atoms with Gasteiger partial charge in [-0.1, -0.05) is 0 Å². The number of ether oxygens (including phenoxy) is 3. The summed E-state index contributed by atoms with van der Waals surface area (Å²) < 4.78 is 15.0. The Balaban J connectivity index is 0.00000220. The molecule has 1 heterocycles. The average molecular weight is 316 g/mol. The molecule has 1 aromatic rings. The van der Waals surface area contributed by atoms with Crippen LogP contribution in [-0.2, 0) is 14.3 Å². The van der Waals surface area contributed by atoms with Gasteiger partial charge >= 0.3 is 11.9 Å². The molecular formula is C14H18ClNO5. The minimum Gasteiger partial charge on any atom is -0.497 e. The van der Waals surface area contributed by atoms with Gasteiger partial charge in [0.1, 0.15) is 17.9 Å². The van der Waals surface area contributed by atoms with Gasteiger partial charge in [-0.15, -0.1) is 12.4 Å². The molecule has 1 aliphatic heterocycles. The van der Waals surface area contributed by atoms with Crippen LogP contribution in [0.25, 0.3) is 0 Å². The third-order valence-corrected chi connectivity index (χ3v) is 3.18. The SMILES string of the molecule is COC(=O)C1CC(OC(=O)c2ccc(OC)cc2)CN1.Cl. The molecule has 2 unspecified atom stereocenters. The molecule has 1 aromatic carbocycles. The number of methoxy groups -OCH3 is 2. The molecule has 2 atom stereocenters. The van der Waals surface area contributed by atoms with E-state index in [0.29, 0.717) is 24.3 Å². The Kier molecular flexibility index (Phi) is 6.45. The fourth-order valence-electron chi connectivity index (χ4n) is 2.06. The molecule has 1 N–H and O–H groups in total. The number of esters is 2. The molecule has 0 aromatic heterocycles. The molecule has 116 valence electrons. The molecule has 1 aliphatic rings. The lowest BCUT2D eigenvalue weighted by atomic mass is 10.2. The fraction of sp³-hybridized carbons (Fsp3) is 0.429. The highest BCUT2D eigenvalue weighted by Crippen LogP contribution is 2.16. The monoisotopic (exact) mass is 315 g/mol. The number of rotatable bonds is 4. The maximum absolute atomic E-state index is 11.9. The molecule has 7 heteroatoms. The van der Waals surface area contributed by atoms with E-state index in [1.165, 1.54) is 7.11 Å². The van der Waals surface area contributed by atoms with Gasteiger partial charge in [0.2, 0.25) is 0 Å². The van der Waals surface area contributed by atoms with Crippen molar-refractivity contribution < 1.29 is 23.8 Å². The number of hydrogen-bond donors (Lipinski definition) is 1. The first-order valence-corrected chi connectivity index (χ1v) is 6.30. The summed E-state index contributed by atoms with van der Waals surface area (Å²) in [5.74, 6) is -0.0761. The molecule has 2 rings (SSSR count). The minimum atomic E-state index is -0.412. The lowest BCUT2D eigenvalue weighted by Gasteiger charge is -2.11. The van der Waals surface area contributed by atoms with Gasteiger partial charge in [0.25, 0.3) is 0 Å². The van der Waals surface area contributed by atoms with Crippen molar-refractivity contribution >= 4 is 24.3 Å². The van der Waals surface area contributed by atoms with E-state index in [0.717, 1.165) is 0 Å². The minimum absolute atomic E-state index is 0. The van der Waals surface area contributed by atoms with E-state index in [9.17, 15) is 9.59 Å². The molecule has 0 bridgehead atoms. The Labute approximate surface area is 129 Å². The molecule has 6 nitrogen and oxygen atoms in total. The summed E-state index contributed by atoms with van der Waals surface area (Å²) in [6.07, 6.45) is 0.0999. The zero-order valence-corrected chi connectivity index (χ0v) is 12.6. The second-order valence-corrected chi connectivity index (χ2v) is 4.48. The topological polar surface area (TPSA) is 73.9 Å². The number of hydrogen-bond acceptors (Lipinski definition) is 6. The number of carbonyl (C=O) groups excluding carboxylic acids is 2.